The van der Waals surface area contributed by atoms with E-state index >= 15 is 0 Å². The van der Waals surface area contributed by atoms with Gasteiger partial charge in [-0.05, 0) is 24.6 Å². The zero-order valence-electron chi connectivity index (χ0n) is 9.61. The second-order valence-corrected chi connectivity index (χ2v) is 3.77. The summed E-state index contributed by atoms with van der Waals surface area (Å²) in [5, 5.41) is 19.0. The average molecular weight is 265 g/mol. The molecular weight excluding hydrogens is 251 g/mol. The number of nitrogens with two attached hydrogens (primary N) is 1. The number of rotatable bonds is 4. The van der Waals surface area contributed by atoms with Crippen LogP contribution in [0, 0.1) is 0 Å². The number of hydrogen-bond acceptors (Lipinski definition) is 4. The Labute approximate surface area is 102 Å². The highest BCUT2D eigenvalue weighted by Crippen LogP contribution is 2.32. The third-order valence-corrected chi connectivity index (χ3v) is 2.42. The third kappa shape index (κ3) is 3.78. The van der Waals surface area contributed by atoms with E-state index < -0.39 is 24.3 Å². The molecule has 2 atom stereocenters. The maximum absolute atomic E-state index is 12.0. The number of halogens is 3. The summed E-state index contributed by atoms with van der Waals surface area (Å²) < 4.78 is 39.8. The molecule has 0 saturated heterocycles. The van der Waals surface area contributed by atoms with Gasteiger partial charge in [0.2, 0.25) is 0 Å². The van der Waals surface area contributed by atoms with Crippen LogP contribution in [0.5, 0.6) is 11.5 Å². The van der Waals surface area contributed by atoms with Crippen LogP contribution in [0.25, 0.3) is 0 Å². The van der Waals surface area contributed by atoms with Crippen molar-refractivity contribution < 1.29 is 28.1 Å². The minimum atomic E-state index is -4.82. The zero-order valence-corrected chi connectivity index (χ0v) is 9.61. The summed E-state index contributed by atoms with van der Waals surface area (Å²) in [6, 6.07) is 1.99. The van der Waals surface area contributed by atoms with E-state index in [-0.39, 0.29) is 11.3 Å². The Morgan fingerprint density at radius 2 is 2.00 bits per heavy atom. The maximum Gasteiger partial charge on any atom is 0.573 e. The van der Waals surface area contributed by atoms with Crippen LogP contribution in [0.1, 0.15) is 24.9 Å². The first kappa shape index (κ1) is 14.6. The van der Waals surface area contributed by atoms with Crippen molar-refractivity contribution in [1.29, 1.82) is 0 Å². The summed E-state index contributed by atoms with van der Waals surface area (Å²) in [6.07, 6.45) is -5.47. The lowest BCUT2D eigenvalue weighted by Crippen LogP contribution is -2.25. The van der Waals surface area contributed by atoms with Crippen molar-refractivity contribution in [2.24, 2.45) is 5.73 Å². The first-order valence-corrected chi connectivity index (χ1v) is 5.27. The molecule has 0 aromatic heterocycles. The molecule has 102 valence electrons. The molecule has 0 fully saturated rings. The van der Waals surface area contributed by atoms with Crippen LogP contribution in [0.4, 0.5) is 13.2 Å². The zero-order chi connectivity index (χ0) is 13.9. The highest BCUT2D eigenvalue weighted by Gasteiger charge is 2.31. The molecule has 1 aromatic rings. The van der Waals surface area contributed by atoms with Gasteiger partial charge in [-0.15, -0.1) is 13.2 Å². The third-order valence-electron chi connectivity index (χ3n) is 2.42. The van der Waals surface area contributed by atoms with Crippen LogP contribution in [-0.2, 0) is 0 Å². The van der Waals surface area contributed by atoms with E-state index in [0.717, 1.165) is 18.2 Å². The van der Waals surface area contributed by atoms with Crippen molar-refractivity contribution in [2.45, 2.75) is 31.9 Å². The van der Waals surface area contributed by atoms with Crippen molar-refractivity contribution in [3.8, 4) is 11.5 Å². The number of phenolic OH excluding ortho intramolecular Hbond substituents is 1. The molecule has 0 aliphatic carbocycles. The number of aliphatic hydroxyl groups excluding tert-OH is 1. The van der Waals surface area contributed by atoms with E-state index in [1.165, 1.54) is 0 Å². The summed E-state index contributed by atoms with van der Waals surface area (Å²) in [6.45, 7) is 1.66. The van der Waals surface area contributed by atoms with Crippen molar-refractivity contribution >= 4 is 0 Å². The summed E-state index contributed by atoms with van der Waals surface area (Å²) in [5.41, 5.74) is 5.64. The number of ether oxygens (including phenoxy) is 1. The largest absolute Gasteiger partial charge is 0.573 e. The lowest BCUT2D eigenvalue weighted by molar-refractivity contribution is -0.274. The number of alkyl halides is 3. The minimum absolute atomic E-state index is 0.00565. The Kier molecular flexibility index (Phi) is 4.42. The predicted molar refractivity (Wildman–Crippen MR) is 58.0 cm³/mol. The van der Waals surface area contributed by atoms with E-state index in [1.54, 1.807) is 6.92 Å². The summed E-state index contributed by atoms with van der Waals surface area (Å²) in [4.78, 5) is 0. The topological polar surface area (TPSA) is 75.7 Å². The molecule has 0 aliphatic rings. The lowest BCUT2D eigenvalue weighted by Gasteiger charge is -2.19. The molecule has 18 heavy (non-hydrogen) atoms. The molecule has 4 nitrogen and oxygen atoms in total. The maximum atomic E-state index is 12.0. The second kappa shape index (κ2) is 5.45. The van der Waals surface area contributed by atoms with Gasteiger partial charge < -0.3 is 20.7 Å². The molecule has 0 heterocycles. The first-order chi connectivity index (χ1) is 8.24. The quantitative estimate of drug-likeness (QED) is 0.779. The van der Waals surface area contributed by atoms with E-state index in [4.69, 9.17) is 5.73 Å². The Morgan fingerprint density at radius 1 is 1.39 bits per heavy atom. The van der Waals surface area contributed by atoms with Crippen molar-refractivity contribution in [3.63, 3.8) is 0 Å². The molecule has 0 bridgehead atoms. The van der Waals surface area contributed by atoms with Crippen LogP contribution in [-0.4, -0.2) is 22.7 Å². The molecule has 0 aliphatic heterocycles. The molecule has 4 N–H and O–H groups in total. The monoisotopic (exact) mass is 265 g/mol. The number of aromatic hydroxyl groups is 1. The van der Waals surface area contributed by atoms with Crippen molar-refractivity contribution in [2.75, 3.05) is 0 Å². The fraction of sp³-hybridized carbons (Fsp3) is 0.455. The minimum Gasteiger partial charge on any atom is -0.508 e. The van der Waals surface area contributed by atoms with E-state index in [9.17, 15) is 23.4 Å². The van der Waals surface area contributed by atoms with Crippen molar-refractivity contribution in [3.05, 3.63) is 23.8 Å². The van der Waals surface area contributed by atoms with E-state index in [0.29, 0.717) is 6.42 Å². The first-order valence-electron chi connectivity index (χ1n) is 5.27. The SMILES string of the molecule is CC[C@@H](O)[C@@H](N)c1cc(OC(F)(F)F)ccc1O. The number of benzene rings is 1. The Hall–Kier alpha value is -1.47. The number of aliphatic hydroxyl groups is 1. The fourth-order valence-corrected chi connectivity index (χ4v) is 1.46. The molecule has 7 heteroatoms. The van der Waals surface area contributed by atoms with Gasteiger partial charge in [0.05, 0.1) is 12.1 Å². The smallest absolute Gasteiger partial charge is 0.508 e. The van der Waals surface area contributed by atoms with Gasteiger partial charge in [0.1, 0.15) is 11.5 Å². The Balaban J connectivity index is 3.01. The molecular formula is C11H14F3NO3. The van der Waals surface area contributed by atoms with Gasteiger partial charge in [-0.2, -0.15) is 0 Å². The van der Waals surface area contributed by atoms with E-state index in [2.05, 4.69) is 4.74 Å². The number of hydrogen-bond donors (Lipinski definition) is 3. The molecule has 0 radical (unpaired) electrons. The standard InChI is InChI=1S/C11H14F3NO3/c1-2-8(16)10(15)7-5-6(3-4-9(7)17)18-11(12,13)14/h3-5,8,10,16-17H,2,15H2,1H3/t8-,10+/m1/s1. The normalized spacial score (nSPS) is 15.2. The summed E-state index contributed by atoms with van der Waals surface area (Å²) in [5.74, 6) is -0.779. The predicted octanol–water partition coefficient (Wildman–Crippen LogP) is 2.06. The number of phenols is 1. The van der Waals surface area contributed by atoms with Gasteiger partial charge in [-0.1, -0.05) is 6.92 Å². The highest BCUT2D eigenvalue weighted by atomic mass is 19.4. The lowest BCUT2D eigenvalue weighted by atomic mass is 9.99. The molecule has 1 aromatic carbocycles. The Morgan fingerprint density at radius 3 is 2.50 bits per heavy atom. The molecule has 0 spiro atoms. The molecule has 0 unspecified atom stereocenters. The molecule has 0 amide bonds. The van der Waals surface area contributed by atoms with Crippen molar-refractivity contribution in [1.82, 2.24) is 0 Å². The van der Waals surface area contributed by atoms with Crippen LogP contribution in [0.15, 0.2) is 18.2 Å². The van der Waals surface area contributed by atoms with Gasteiger partial charge in [-0.3, -0.25) is 0 Å². The molecule has 1 rings (SSSR count). The van der Waals surface area contributed by atoms with Crippen LogP contribution in [0.2, 0.25) is 0 Å². The van der Waals surface area contributed by atoms with Crippen LogP contribution < -0.4 is 10.5 Å². The van der Waals surface area contributed by atoms with Crippen LogP contribution >= 0.6 is 0 Å². The summed E-state index contributed by atoms with van der Waals surface area (Å²) >= 11 is 0. The highest BCUT2D eigenvalue weighted by molar-refractivity contribution is 5.41. The van der Waals surface area contributed by atoms with Crippen LogP contribution in [0.3, 0.4) is 0 Å². The van der Waals surface area contributed by atoms with Gasteiger partial charge in [-0.25, -0.2) is 0 Å². The summed E-state index contributed by atoms with van der Waals surface area (Å²) in [7, 11) is 0. The molecule has 0 saturated carbocycles. The van der Waals surface area contributed by atoms with Gasteiger partial charge >= 0.3 is 6.36 Å². The Bertz CT molecular complexity index is 409. The fourth-order valence-electron chi connectivity index (χ4n) is 1.46. The average Bonchev–Trinajstić information content (AvgIpc) is 2.28. The second-order valence-electron chi connectivity index (χ2n) is 3.77. The van der Waals surface area contributed by atoms with Gasteiger partial charge in [0, 0.05) is 5.56 Å². The van der Waals surface area contributed by atoms with Gasteiger partial charge in [0.15, 0.2) is 0 Å². The van der Waals surface area contributed by atoms with E-state index in [1.807, 2.05) is 0 Å². The van der Waals surface area contributed by atoms with Gasteiger partial charge in [0.25, 0.3) is 0 Å².